The molecule has 1 aromatic heterocycles. The molecule has 0 spiro atoms. The number of hydrogen-bond acceptors (Lipinski definition) is 3. The molecule has 2 aromatic rings. The van der Waals surface area contributed by atoms with Crippen molar-refractivity contribution in [2.75, 3.05) is 13.2 Å². The molecule has 0 saturated heterocycles. The molecule has 0 atom stereocenters. The molecule has 3 nitrogen and oxygen atoms in total. The van der Waals surface area contributed by atoms with Crippen molar-refractivity contribution < 1.29 is 14.3 Å². The second-order valence-corrected chi connectivity index (χ2v) is 4.71. The second-order valence-electron chi connectivity index (χ2n) is 3.62. The molecule has 1 amide bonds. The predicted octanol–water partition coefficient (Wildman–Crippen LogP) is 2.28. The van der Waals surface area contributed by atoms with Crippen LogP contribution in [0.25, 0.3) is 10.4 Å². The van der Waals surface area contributed by atoms with E-state index in [1.807, 2.05) is 0 Å². The number of nitrogens with one attached hydrogen (secondary N) is 1. The van der Waals surface area contributed by atoms with Gasteiger partial charge in [-0.2, -0.15) is 0 Å². The molecule has 0 saturated carbocycles. The quantitative estimate of drug-likeness (QED) is 0.891. The van der Waals surface area contributed by atoms with Crippen molar-refractivity contribution in [2.24, 2.45) is 0 Å². The summed E-state index contributed by atoms with van der Waals surface area (Å²) < 4.78 is 13.6. The summed E-state index contributed by atoms with van der Waals surface area (Å²) >= 11 is 1.23. The van der Waals surface area contributed by atoms with Gasteiger partial charge in [0.15, 0.2) is 0 Å². The highest BCUT2D eigenvalue weighted by Crippen LogP contribution is 2.29. The van der Waals surface area contributed by atoms with E-state index in [0.717, 1.165) is 0 Å². The summed E-state index contributed by atoms with van der Waals surface area (Å²) in [6.07, 6.45) is 0. The molecule has 0 aliphatic carbocycles. The summed E-state index contributed by atoms with van der Waals surface area (Å²) in [4.78, 5) is 12.8. The number of hydrogen-bond donors (Lipinski definition) is 2. The number of carbonyl (C=O) groups is 1. The van der Waals surface area contributed by atoms with Gasteiger partial charge in [0.05, 0.1) is 11.5 Å². The van der Waals surface area contributed by atoms with E-state index < -0.39 is 0 Å². The van der Waals surface area contributed by atoms with Gasteiger partial charge in [-0.05, 0) is 18.2 Å². The highest BCUT2D eigenvalue weighted by molar-refractivity contribution is 7.17. The highest BCUT2D eigenvalue weighted by atomic mass is 32.1. The molecule has 0 bridgehead atoms. The molecule has 5 heteroatoms. The number of benzene rings is 1. The zero-order valence-corrected chi connectivity index (χ0v) is 10.3. The SMILES string of the molecule is O=C(NCCO)c1ccc(-c2ccccc2F)s1. The molecule has 2 rings (SSSR count). The molecule has 18 heavy (non-hydrogen) atoms. The fourth-order valence-electron chi connectivity index (χ4n) is 1.52. The van der Waals surface area contributed by atoms with Crippen LogP contribution in [0.1, 0.15) is 9.67 Å². The van der Waals surface area contributed by atoms with E-state index >= 15 is 0 Å². The fourth-order valence-corrected chi connectivity index (χ4v) is 2.47. The number of aliphatic hydroxyl groups is 1. The van der Waals surface area contributed by atoms with E-state index in [0.29, 0.717) is 15.3 Å². The smallest absolute Gasteiger partial charge is 0.261 e. The van der Waals surface area contributed by atoms with Crippen LogP contribution < -0.4 is 5.32 Å². The van der Waals surface area contributed by atoms with Crippen LogP contribution >= 0.6 is 11.3 Å². The molecule has 0 radical (unpaired) electrons. The van der Waals surface area contributed by atoms with Crippen molar-refractivity contribution in [1.29, 1.82) is 0 Å². The summed E-state index contributed by atoms with van der Waals surface area (Å²) in [5.41, 5.74) is 0.490. The van der Waals surface area contributed by atoms with Crippen LogP contribution in [0.4, 0.5) is 4.39 Å². The first-order chi connectivity index (χ1) is 8.72. The van der Waals surface area contributed by atoms with Crippen molar-refractivity contribution in [2.45, 2.75) is 0 Å². The number of halogens is 1. The highest BCUT2D eigenvalue weighted by Gasteiger charge is 2.11. The normalized spacial score (nSPS) is 10.3. The zero-order chi connectivity index (χ0) is 13.0. The van der Waals surface area contributed by atoms with Gasteiger partial charge < -0.3 is 10.4 Å². The Morgan fingerprint density at radius 3 is 2.78 bits per heavy atom. The van der Waals surface area contributed by atoms with Crippen LogP contribution in [-0.4, -0.2) is 24.2 Å². The van der Waals surface area contributed by atoms with Crippen LogP contribution in [0.2, 0.25) is 0 Å². The average molecular weight is 265 g/mol. The topological polar surface area (TPSA) is 49.3 Å². The molecular formula is C13H12FNO2S. The molecule has 0 aliphatic heterocycles. The number of aliphatic hydroxyl groups excluding tert-OH is 1. The number of amides is 1. The molecular weight excluding hydrogens is 253 g/mol. The van der Waals surface area contributed by atoms with Gasteiger partial charge in [0, 0.05) is 17.0 Å². The van der Waals surface area contributed by atoms with E-state index in [1.165, 1.54) is 17.4 Å². The lowest BCUT2D eigenvalue weighted by Gasteiger charge is -2.00. The van der Waals surface area contributed by atoms with Crippen LogP contribution in [0.5, 0.6) is 0 Å². The number of carbonyl (C=O) groups excluding carboxylic acids is 1. The van der Waals surface area contributed by atoms with E-state index in [2.05, 4.69) is 5.32 Å². The third-order valence-electron chi connectivity index (χ3n) is 2.37. The average Bonchev–Trinajstić information content (AvgIpc) is 2.86. The lowest BCUT2D eigenvalue weighted by molar-refractivity contribution is 0.0949. The van der Waals surface area contributed by atoms with Gasteiger partial charge >= 0.3 is 0 Å². The van der Waals surface area contributed by atoms with Crippen LogP contribution in [0, 0.1) is 5.82 Å². The van der Waals surface area contributed by atoms with Gasteiger partial charge in [-0.1, -0.05) is 18.2 Å². The maximum absolute atomic E-state index is 13.6. The van der Waals surface area contributed by atoms with Crippen molar-refractivity contribution in [3.05, 3.63) is 47.1 Å². The Hall–Kier alpha value is -1.72. The Balaban J connectivity index is 2.21. The Labute approximate surface area is 108 Å². The first kappa shape index (κ1) is 12.7. The van der Waals surface area contributed by atoms with E-state index in [9.17, 15) is 9.18 Å². The minimum absolute atomic E-state index is 0.0999. The first-order valence-electron chi connectivity index (χ1n) is 5.46. The van der Waals surface area contributed by atoms with Crippen molar-refractivity contribution in [1.82, 2.24) is 5.32 Å². The van der Waals surface area contributed by atoms with Gasteiger partial charge in [0.1, 0.15) is 5.82 Å². The van der Waals surface area contributed by atoms with Crippen molar-refractivity contribution in [3.8, 4) is 10.4 Å². The minimum atomic E-state index is -0.304. The lowest BCUT2D eigenvalue weighted by Crippen LogP contribution is -2.25. The summed E-state index contributed by atoms with van der Waals surface area (Å²) in [6.45, 7) is 0.114. The summed E-state index contributed by atoms with van der Waals surface area (Å²) in [6, 6.07) is 9.82. The van der Waals surface area contributed by atoms with Gasteiger partial charge in [-0.25, -0.2) is 4.39 Å². The summed E-state index contributed by atoms with van der Waals surface area (Å²) in [5, 5.41) is 11.2. The third kappa shape index (κ3) is 2.75. The third-order valence-corrected chi connectivity index (χ3v) is 3.48. The largest absolute Gasteiger partial charge is 0.395 e. The molecule has 1 aromatic carbocycles. The van der Waals surface area contributed by atoms with Gasteiger partial charge in [-0.3, -0.25) is 4.79 Å². The Kier molecular flexibility index (Phi) is 4.07. The maximum Gasteiger partial charge on any atom is 0.261 e. The summed E-state index contributed by atoms with van der Waals surface area (Å²) in [5.74, 6) is -0.557. The number of rotatable bonds is 4. The van der Waals surface area contributed by atoms with Crippen LogP contribution in [-0.2, 0) is 0 Å². The predicted molar refractivity (Wildman–Crippen MR) is 69.1 cm³/mol. The van der Waals surface area contributed by atoms with E-state index in [4.69, 9.17) is 5.11 Å². The summed E-state index contributed by atoms with van der Waals surface area (Å²) in [7, 11) is 0. The molecule has 2 N–H and O–H groups in total. The van der Waals surface area contributed by atoms with Crippen LogP contribution in [0.3, 0.4) is 0 Å². The molecule has 0 unspecified atom stereocenters. The maximum atomic E-state index is 13.6. The standard InChI is InChI=1S/C13H12FNO2S/c14-10-4-2-1-3-9(10)11-5-6-12(18-11)13(17)15-7-8-16/h1-6,16H,7-8H2,(H,15,17). The van der Waals surface area contributed by atoms with Gasteiger partial charge in [0.2, 0.25) is 0 Å². The Morgan fingerprint density at radius 2 is 2.06 bits per heavy atom. The second kappa shape index (κ2) is 5.75. The van der Waals surface area contributed by atoms with Crippen molar-refractivity contribution >= 4 is 17.2 Å². The van der Waals surface area contributed by atoms with E-state index in [1.54, 1.807) is 30.3 Å². The molecule has 0 fully saturated rings. The van der Waals surface area contributed by atoms with Gasteiger partial charge in [-0.15, -0.1) is 11.3 Å². The fraction of sp³-hybridized carbons (Fsp3) is 0.154. The Morgan fingerprint density at radius 1 is 1.28 bits per heavy atom. The minimum Gasteiger partial charge on any atom is -0.395 e. The van der Waals surface area contributed by atoms with Crippen molar-refractivity contribution in [3.63, 3.8) is 0 Å². The molecule has 1 heterocycles. The van der Waals surface area contributed by atoms with Gasteiger partial charge in [0.25, 0.3) is 5.91 Å². The molecule has 0 aliphatic rings. The lowest BCUT2D eigenvalue weighted by atomic mass is 10.2. The van der Waals surface area contributed by atoms with Crippen LogP contribution in [0.15, 0.2) is 36.4 Å². The molecule has 94 valence electrons. The zero-order valence-electron chi connectivity index (χ0n) is 9.52. The van der Waals surface area contributed by atoms with E-state index in [-0.39, 0.29) is 24.9 Å². The Bertz CT molecular complexity index is 553. The first-order valence-corrected chi connectivity index (χ1v) is 6.28. The monoisotopic (exact) mass is 265 g/mol. The number of thiophene rings is 1.